The molecule has 1 atom stereocenters. The monoisotopic (exact) mass is 226 g/mol. The van der Waals surface area contributed by atoms with Gasteiger partial charge in [0.15, 0.2) is 0 Å². The zero-order chi connectivity index (χ0) is 11.6. The van der Waals surface area contributed by atoms with E-state index >= 15 is 0 Å². The number of rotatable bonds is 2. The summed E-state index contributed by atoms with van der Waals surface area (Å²) >= 11 is 0. The number of ether oxygens (including phenoxy) is 1. The third kappa shape index (κ3) is 1.91. The predicted octanol–water partition coefficient (Wildman–Crippen LogP) is -0.0960. The van der Waals surface area contributed by atoms with Crippen molar-refractivity contribution in [1.29, 1.82) is 0 Å². The van der Waals surface area contributed by atoms with Crippen LogP contribution in [0.5, 0.6) is 0 Å². The molecule has 1 spiro atoms. The van der Waals surface area contributed by atoms with E-state index in [1.165, 1.54) is 7.11 Å². The van der Waals surface area contributed by atoms with E-state index in [-0.39, 0.29) is 24.0 Å². The molecule has 16 heavy (non-hydrogen) atoms. The summed E-state index contributed by atoms with van der Waals surface area (Å²) in [5.41, 5.74) is -0.383. The van der Waals surface area contributed by atoms with Gasteiger partial charge in [0.25, 0.3) is 0 Å². The molecule has 0 unspecified atom stereocenters. The van der Waals surface area contributed by atoms with Crippen LogP contribution in [0.4, 0.5) is 0 Å². The average Bonchev–Trinajstić information content (AvgIpc) is 2.74. The Morgan fingerprint density at radius 1 is 1.50 bits per heavy atom. The van der Waals surface area contributed by atoms with Crippen LogP contribution in [0.2, 0.25) is 0 Å². The van der Waals surface area contributed by atoms with Gasteiger partial charge in [-0.3, -0.25) is 9.59 Å². The second-order valence-electron chi connectivity index (χ2n) is 4.52. The molecule has 0 aliphatic carbocycles. The summed E-state index contributed by atoms with van der Waals surface area (Å²) < 4.78 is 4.60. The maximum atomic E-state index is 12.3. The minimum atomic E-state index is -0.383. The van der Waals surface area contributed by atoms with Crippen LogP contribution in [-0.4, -0.2) is 49.1 Å². The lowest BCUT2D eigenvalue weighted by Crippen LogP contribution is -2.59. The first-order chi connectivity index (χ1) is 7.68. The van der Waals surface area contributed by atoms with Crippen LogP contribution in [0, 0.1) is 0 Å². The topological polar surface area (TPSA) is 58.6 Å². The fraction of sp³-hybridized carbons (Fsp3) is 0.818. The standard InChI is InChI=1S/C11H18N2O3/c1-16-9(14)8-13-7-3-5-11(10(13)15)4-2-6-12-11/h12H,2-8H2,1H3/t11-/m0/s1. The van der Waals surface area contributed by atoms with Crippen molar-refractivity contribution in [1.82, 2.24) is 10.2 Å². The number of likely N-dealkylation sites (tertiary alicyclic amines) is 1. The van der Waals surface area contributed by atoms with Crippen LogP contribution < -0.4 is 5.32 Å². The maximum absolute atomic E-state index is 12.3. The Kier molecular flexibility index (Phi) is 3.14. The molecular weight excluding hydrogens is 208 g/mol. The van der Waals surface area contributed by atoms with Crippen LogP contribution in [-0.2, 0) is 14.3 Å². The molecule has 5 heteroatoms. The molecule has 1 amide bonds. The van der Waals surface area contributed by atoms with Crippen molar-refractivity contribution >= 4 is 11.9 Å². The Hall–Kier alpha value is -1.10. The van der Waals surface area contributed by atoms with Gasteiger partial charge in [0.1, 0.15) is 6.54 Å². The van der Waals surface area contributed by atoms with E-state index in [1.807, 2.05) is 0 Å². The molecule has 0 bridgehead atoms. The molecule has 0 aromatic rings. The molecule has 2 aliphatic heterocycles. The Balaban J connectivity index is 2.05. The number of carbonyl (C=O) groups excluding carboxylic acids is 2. The smallest absolute Gasteiger partial charge is 0.325 e. The first-order valence-electron chi connectivity index (χ1n) is 5.79. The molecule has 90 valence electrons. The first-order valence-corrected chi connectivity index (χ1v) is 5.79. The van der Waals surface area contributed by atoms with E-state index in [1.54, 1.807) is 4.90 Å². The Labute approximate surface area is 95.1 Å². The van der Waals surface area contributed by atoms with Gasteiger partial charge in [0, 0.05) is 6.54 Å². The largest absolute Gasteiger partial charge is 0.468 e. The Morgan fingerprint density at radius 2 is 2.25 bits per heavy atom. The van der Waals surface area contributed by atoms with E-state index in [9.17, 15) is 9.59 Å². The van der Waals surface area contributed by atoms with Crippen LogP contribution in [0.1, 0.15) is 25.7 Å². The normalized spacial score (nSPS) is 29.8. The Morgan fingerprint density at radius 3 is 2.88 bits per heavy atom. The van der Waals surface area contributed by atoms with Crippen molar-refractivity contribution in [3.8, 4) is 0 Å². The zero-order valence-electron chi connectivity index (χ0n) is 9.62. The zero-order valence-corrected chi connectivity index (χ0v) is 9.62. The molecule has 0 aromatic heterocycles. The second-order valence-corrected chi connectivity index (χ2v) is 4.52. The summed E-state index contributed by atoms with van der Waals surface area (Å²) in [6, 6.07) is 0. The molecule has 1 N–H and O–H groups in total. The van der Waals surface area contributed by atoms with Crippen molar-refractivity contribution in [2.45, 2.75) is 31.2 Å². The van der Waals surface area contributed by atoms with Gasteiger partial charge in [-0.05, 0) is 32.2 Å². The van der Waals surface area contributed by atoms with Gasteiger partial charge < -0.3 is 15.0 Å². The second kappa shape index (κ2) is 4.41. The maximum Gasteiger partial charge on any atom is 0.325 e. The van der Waals surface area contributed by atoms with Gasteiger partial charge in [0.05, 0.1) is 12.6 Å². The highest BCUT2D eigenvalue weighted by Gasteiger charge is 2.45. The van der Waals surface area contributed by atoms with E-state index in [4.69, 9.17) is 0 Å². The number of nitrogens with one attached hydrogen (secondary N) is 1. The molecule has 0 aromatic carbocycles. The number of methoxy groups -OCH3 is 1. The fourth-order valence-corrected chi connectivity index (χ4v) is 2.66. The number of carbonyl (C=O) groups is 2. The number of hydrogen-bond donors (Lipinski definition) is 1. The van der Waals surface area contributed by atoms with Gasteiger partial charge in [-0.25, -0.2) is 0 Å². The quantitative estimate of drug-likeness (QED) is 0.668. The first kappa shape index (κ1) is 11.4. The van der Waals surface area contributed by atoms with Crippen molar-refractivity contribution in [2.75, 3.05) is 26.7 Å². The summed E-state index contributed by atoms with van der Waals surface area (Å²) in [5.74, 6) is -0.273. The van der Waals surface area contributed by atoms with Crippen molar-refractivity contribution in [2.24, 2.45) is 0 Å². The molecule has 5 nitrogen and oxygen atoms in total. The summed E-state index contributed by atoms with van der Waals surface area (Å²) in [4.78, 5) is 25.1. The van der Waals surface area contributed by atoms with Crippen LogP contribution in [0.25, 0.3) is 0 Å². The van der Waals surface area contributed by atoms with Crippen LogP contribution in [0.15, 0.2) is 0 Å². The van der Waals surface area contributed by atoms with Crippen molar-refractivity contribution < 1.29 is 14.3 Å². The molecule has 0 saturated carbocycles. The summed E-state index contributed by atoms with van der Waals surface area (Å²) in [7, 11) is 1.35. The van der Waals surface area contributed by atoms with Crippen molar-refractivity contribution in [3.63, 3.8) is 0 Å². The molecule has 2 fully saturated rings. The van der Waals surface area contributed by atoms with Gasteiger partial charge >= 0.3 is 5.97 Å². The Bertz CT molecular complexity index is 298. The van der Waals surface area contributed by atoms with E-state index in [2.05, 4.69) is 10.1 Å². The lowest BCUT2D eigenvalue weighted by Gasteiger charge is -2.38. The number of esters is 1. The highest BCUT2D eigenvalue weighted by atomic mass is 16.5. The average molecular weight is 226 g/mol. The minimum absolute atomic E-state index is 0.0710. The van der Waals surface area contributed by atoms with Crippen molar-refractivity contribution in [3.05, 3.63) is 0 Å². The number of amides is 1. The number of hydrogen-bond acceptors (Lipinski definition) is 4. The van der Waals surface area contributed by atoms with E-state index in [0.717, 1.165) is 32.2 Å². The highest BCUT2D eigenvalue weighted by molar-refractivity contribution is 5.90. The molecular formula is C11H18N2O3. The van der Waals surface area contributed by atoms with E-state index in [0.29, 0.717) is 6.54 Å². The van der Waals surface area contributed by atoms with Gasteiger partial charge in [-0.2, -0.15) is 0 Å². The number of piperidine rings is 1. The van der Waals surface area contributed by atoms with Gasteiger partial charge in [-0.15, -0.1) is 0 Å². The molecule has 0 radical (unpaired) electrons. The third-order valence-electron chi connectivity index (χ3n) is 3.52. The van der Waals surface area contributed by atoms with Gasteiger partial charge in [-0.1, -0.05) is 0 Å². The lowest BCUT2D eigenvalue weighted by molar-refractivity contribution is -0.151. The van der Waals surface area contributed by atoms with Crippen LogP contribution in [0.3, 0.4) is 0 Å². The van der Waals surface area contributed by atoms with Gasteiger partial charge in [0.2, 0.25) is 5.91 Å². The molecule has 2 saturated heterocycles. The van der Waals surface area contributed by atoms with Crippen LogP contribution >= 0.6 is 0 Å². The summed E-state index contributed by atoms with van der Waals surface area (Å²) in [6.07, 6.45) is 3.78. The molecule has 2 aliphatic rings. The third-order valence-corrected chi connectivity index (χ3v) is 3.52. The number of nitrogens with zero attached hydrogens (tertiary/aromatic N) is 1. The molecule has 2 heterocycles. The molecule has 2 rings (SSSR count). The summed E-state index contributed by atoms with van der Waals surface area (Å²) in [5, 5.41) is 3.30. The minimum Gasteiger partial charge on any atom is -0.468 e. The summed E-state index contributed by atoms with van der Waals surface area (Å²) in [6.45, 7) is 1.65. The predicted molar refractivity (Wildman–Crippen MR) is 57.8 cm³/mol. The SMILES string of the molecule is COC(=O)CN1CCC[C@@]2(CCCN2)C1=O. The fourth-order valence-electron chi connectivity index (χ4n) is 2.66. The highest BCUT2D eigenvalue weighted by Crippen LogP contribution is 2.30. The van der Waals surface area contributed by atoms with E-state index < -0.39 is 0 Å². The lowest BCUT2D eigenvalue weighted by atomic mass is 9.86.